The maximum Gasteiger partial charge on any atom is 0.450 e. The molecule has 188 valence electrons. The fourth-order valence-corrected chi connectivity index (χ4v) is 3.93. The van der Waals surface area contributed by atoms with E-state index in [4.69, 9.17) is 10.5 Å². The van der Waals surface area contributed by atoms with Gasteiger partial charge in [0.1, 0.15) is 24.1 Å². The number of allylic oxidation sites excluding steroid dienone is 2. The summed E-state index contributed by atoms with van der Waals surface area (Å²) in [6, 6.07) is 9.06. The van der Waals surface area contributed by atoms with Crippen LogP contribution in [0.4, 0.5) is 30.8 Å². The topological polar surface area (TPSA) is 140 Å². The SMILES string of the molecule is CCc1ccccc1Nc1nc(N)nc(CO/C(=C(\C#N)c2nnc3n2CCCCC3)C(F)(F)F)n1. The van der Waals surface area contributed by atoms with Crippen LogP contribution in [0.25, 0.3) is 5.57 Å². The molecule has 0 unspecified atom stereocenters. The molecule has 2 aromatic heterocycles. The number of benzene rings is 1. The van der Waals surface area contributed by atoms with E-state index in [1.54, 1.807) is 10.6 Å². The number of nitriles is 1. The summed E-state index contributed by atoms with van der Waals surface area (Å²) in [5.74, 6) is -1.39. The molecule has 3 heterocycles. The van der Waals surface area contributed by atoms with Crippen LogP contribution in [0.5, 0.6) is 0 Å². The summed E-state index contributed by atoms with van der Waals surface area (Å²) >= 11 is 0. The number of nitrogen functional groups attached to an aromatic ring is 1. The smallest absolute Gasteiger partial charge is 0.450 e. The van der Waals surface area contributed by atoms with Gasteiger partial charge in [-0.15, -0.1) is 10.2 Å². The first-order valence-electron chi connectivity index (χ1n) is 11.4. The van der Waals surface area contributed by atoms with E-state index in [1.807, 2.05) is 31.2 Å². The first-order chi connectivity index (χ1) is 17.3. The van der Waals surface area contributed by atoms with Gasteiger partial charge in [-0.1, -0.05) is 31.5 Å². The van der Waals surface area contributed by atoms with E-state index in [0.717, 1.165) is 36.9 Å². The summed E-state index contributed by atoms with van der Waals surface area (Å²) < 4.78 is 48.7. The van der Waals surface area contributed by atoms with Gasteiger partial charge in [-0.25, -0.2) is 0 Å². The van der Waals surface area contributed by atoms with Crippen LogP contribution in [0.2, 0.25) is 0 Å². The molecule has 10 nitrogen and oxygen atoms in total. The maximum atomic E-state index is 14.0. The molecule has 1 aliphatic heterocycles. The summed E-state index contributed by atoms with van der Waals surface area (Å²) in [5.41, 5.74) is 6.73. The Bertz CT molecular complexity index is 1310. The second kappa shape index (κ2) is 10.6. The highest BCUT2D eigenvalue weighted by atomic mass is 19.4. The zero-order chi connectivity index (χ0) is 25.7. The van der Waals surface area contributed by atoms with Crippen molar-refractivity contribution in [3.8, 4) is 6.07 Å². The Hall–Kier alpha value is -4.21. The lowest BCUT2D eigenvalue weighted by atomic mass is 10.1. The summed E-state index contributed by atoms with van der Waals surface area (Å²) in [7, 11) is 0. The molecule has 0 bridgehead atoms. The number of ether oxygens (including phenoxy) is 1. The third kappa shape index (κ3) is 5.54. The van der Waals surface area contributed by atoms with Crippen LogP contribution in [0, 0.1) is 11.3 Å². The van der Waals surface area contributed by atoms with Gasteiger partial charge in [0.05, 0.1) is 0 Å². The third-order valence-electron chi connectivity index (χ3n) is 5.62. The Kier molecular flexibility index (Phi) is 7.33. The first-order valence-corrected chi connectivity index (χ1v) is 11.4. The van der Waals surface area contributed by atoms with Gasteiger partial charge in [0.2, 0.25) is 17.7 Å². The molecule has 0 saturated carbocycles. The molecule has 0 fully saturated rings. The van der Waals surface area contributed by atoms with Crippen LogP contribution in [0.3, 0.4) is 0 Å². The van der Waals surface area contributed by atoms with Gasteiger partial charge in [-0.3, -0.25) is 0 Å². The number of aryl methyl sites for hydroxylation is 2. The summed E-state index contributed by atoms with van der Waals surface area (Å²) in [6.45, 7) is 1.71. The van der Waals surface area contributed by atoms with Gasteiger partial charge >= 0.3 is 6.18 Å². The van der Waals surface area contributed by atoms with Crippen molar-refractivity contribution in [1.82, 2.24) is 29.7 Å². The minimum atomic E-state index is -4.97. The lowest BCUT2D eigenvalue weighted by molar-refractivity contribution is -0.132. The zero-order valence-electron chi connectivity index (χ0n) is 19.5. The molecule has 4 rings (SSSR count). The van der Waals surface area contributed by atoms with E-state index in [-0.39, 0.29) is 23.5 Å². The van der Waals surface area contributed by atoms with E-state index in [1.165, 1.54) is 0 Å². The summed E-state index contributed by atoms with van der Waals surface area (Å²) in [6.07, 6.45) is -1.14. The van der Waals surface area contributed by atoms with Gasteiger partial charge in [0.15, 0.2) is 11.6 Å². The largest absolute Gasteiger partial charge is 0.480 e. The minimum absolute atomic E-state index is 0.0582. The fourth-order valence-electron chi connectivity index (χ4n) is 3.93. The Labute approximate surface area is 205 Å². The first kappa shape index (κ1) is 24.9. The van der Waals surface area contributed by atoms with Crippen molar-refractivity contribution in [3.63, 3.8) is 0 Å². The fraction of sp³-hybridized carbons (Fsp3) is 0.391. The number of halogens is 3. The van der Waals surface area contributed by atoms with Crippen molar-refractivity contribution in [2.45, 2.75) is 58.4 Å². The molecule has 3 N–H and O–H groups in total. The number of para-hydroxylation sites is 1. The van der Waals surface area contributed by atoms with Crippen LogP contribution in [-0.4, -0.2) is 35.9 Å². The summed E-state index contributed by atoms with van der Waals surface area (Å²) in [4.78, 5) is 12.0. The highest BCUT2D eigenvalue weighted by molar-refractivity contribution is 5.75. The van der Waals surface area contributed by atoms with Crippen LogP contribution in [-0.2, 0) is 30.7 Å². The third-order valence-corrected chi connectivity index (χ3v) is 5.62. The van der Waals surface area contributed by atoms with Crippen LogP contribution in [0.15, 0.2) is 30.0 Å². The molecule has 13 heteroatoms. The molecule has 0 atom stereocenters. The van der Waals surface area contributed by atoms with Crippen molar-refractivity contribution in [1.29, 1.82) is 5.26 Å². The molecule has 36 heavy (non-hydrogen) atoms. The molecular formula is C23H24F3N9O. The van der Waals surface area contributed by atoms with Crippen LogP contribution in [0.1, 0.15) is 49.2 Å². The molecule has 0 aliphatic carbocycles. The predicted molar refractivity (Wildman–Crippen MR) is 124 cm³/mol. The molecule has 1 aromatic carbocycles. The second-order valence-corrected chi connectivity index (χ2v) is 8.07. The number of fused-ring (bicyclic) bond motifs is 1. The number of nitrogens with one attached hydrogen (secondary N) is 1. The predicted octanol–water partition coefficient (Wildman–Crippen LogP) is 4.09. The molecule has 0 amide bonds. The van der Waals surface area contributed by atoms with Gasteiger partial charge in [0, 0.05) is 18.7 Å². The zero-order valence-corrected chi connectivity index (χ0v) is 19.5. The molecular weight excluding hydrogens is 475 g/mol. The van der Waals surface area contributed by atoms with Crippen molar-refractivity contribution in [3.05, 3.63) is 53.1 Å². The van der Waals surface area contributed by atoms with E-state index in [0.29, 0.717) is 18.8 Å². The normalized spacial score (nSPS) is 14.3. The summed E-state index contributed by atoms with van der Waals surface area (Å²) in [5, 5.41) is 20.5. The molecule has 0 saturated heterocycles. The Balaban J connectivity index is 1.63. The molecule has 0 spiro atoms. The van der Waals surface area contributed by atoms with Crippen molar-refractivity contribution < 1.29 is 17.9 Å². The van der Waals surface area contributed by atoms with Gasteiger partial charge < -0.3 is 20.4 Å². The van der Waals surface area contributed by atoms with Crippen molar-refractivity contribution in [2.24, 2.45) is 0 Å². The lowest BCUT2D eigenvalue weighted by Crippen LogP contribution is -2.19. The van der Waals surface area contributed by atoms with Gasteiger partial charge in [-0.2, -0.15) is 33.4 Å². The van der Waals surface area contributed by atoms with E-state index in [2.05, 4.69) is 30.5 Å². The highest BCUT2D eigenvalue weighted by Crippen LogP contribution is 2.34. The monoisotopic (exact) mass is 499 g/mol. The average Bonchev–Trinajstić information content (AvgIpc) is 3.08. The number of nitrogens with two attached hydrogens (primary N) is 1. The number of nitrogens with zero attached hydrogens (tertiary/aromatic N) is 7. The highest BCUT2D eigenvalue weighted by Gasteiger charge is 2.41. The Morgan fingerprint density at radius 1 is 1.17 bits per heavy atom. The lowest BCUT2D eigenvalue weighted by Gasteiger charge is -2.16. The van der Waals surface area contributed by atoms with E-state index in [9.17, 15) is 18.4 Å². The Morgan fingerprint density at radius 2 is 1.97 bits per heavy atom. The van der Waals surface area contributed by atoms with E-state index < -0.39 is 24.1 Å². The number of alkyl halides is 3. The maximum absolute atomic E-state index is 14.0. The quantitative estimate of drug-likeness (QED) is 0.363. The number of anilines is 3. The number of hydrogen-bond donors (Lipinski definition) is 2. The number of rotatable bonds is 7. The number of aromatic nitrogens is 6. The number of hydrogen-bond acceptors (Lipinski definition) is 9. The van der Waals surface area contributed by atoms with Crippen LogP contribution < -0.4 is 11.1 Å². The van der Waals surface area contributed by atoms with Gasteiger partial charge in [0.25, 0.3) is 0 Å². The second-order valence-electron chi connectivity index (χ2n) is 8.07. The molecule has 1 aliphatic rings. The Morgan fingerprint density at radius 3 is 2.72 bits per heavy atom. The average molecular weight is 500 g/mol. The minimum Gasteiger partial charge on any atom is -0.480 e. The molecule has 3 aromatic rings. The van der Waals surface area contributed by atoms with E-state index >= 15 is 0 Å². The molecule has 0 radical (unpaired) electrons. The van der Waals surface area contributed by atoms with Crippen molar-refractivity contribution in [2.75, 3.05) is 11.1 Å². The van der Waals surface area contributed by atoms with Crippen LogP contribution >= 0.6 is 0 Å². The standard InChI is InChI=1S/C23H24F3N9O/c1-2-14-8-5-6-9-16(14)29-22-31-17(30-21(28)32-22)13-36-19(23(24,25)26)15(12-27)20-34-33-18-10-4-3-7-11-35(18)20/h5-6,8-9H,2-4,7,10-11,13H2,1H3,(H3,28,29,30,31,32)/b19-15+. The van der Waals surface area contributed by atoms with Crippen molar-refractivity contribution >= 4 is 23.2 Å². The van der Waals surface area contributed by atoms with Gasteiger partial charge in [-0.05, 0) is 30.9 Å².